The number of nitrogen functional groups attached to an aromatic ring is 1. The van der Waals surface area contributed by atoms with Crippen LogP contribution in [0.2, 0.25) is 0 Å². The molecule has 0 bridgehead atoms. The number of nitrogens with two attached hydrogens (primary N) is 2. The van der Waals surface area contributed by atoms with Crippen LogP contribution < -0.4 is 16.2 Å². The van der Waals surface area contributed by atoms with E-state index in [0.29, 0.717) is 24.2 Å². The maximum Gasteiger partial charge on any atom is 0.276 e. The first-order chi connectivity index (χ1) is 9.38. The van der Waals surface area contributed by atoms with Gasteiger partial charge in [-0.2, -0.15) is 12.7 Å². The minimum Gasteiger partial charge on any atom is -0.397 e. The number of benzene rings is 1. The quantitative estimate of drug-likeness (QED) is 0.699. The topological polar surface area (TPSA) is 119 Å². The van der Waals surface area contributed by atoms with Crippen molar-refractivity contribution in [1.29, 1.82) is 0 Å². The summed E-state index contributed by atoms with van der Waals surface area (Å²) in [5, 5.41) is 7.83. The van der Waals surface area contributed by atoms with E-state index in [1.54, 1.807) is 24.3 Å². The molecular formula is C12H19ClN4O3S. The maximum atomic E-state index is 12.1. The van der Waals surface area contributed by atoms with Crippen LogP contribution in [0.4, 0.5) is 11.4 Å². The average Bonchev–Trinajstić information content (AvgIpc) is 2.40. The molecule has 1 aliphatic rings. The third-order valence-corrected chi connectivity index (χ3v) is 4.49. The first kappa shape index (κ1) is 17.7. The van der Waals surface area contributed by atoms with Crippen molar-refractivity contribution in [3.63, 3.8) is 0 Å². The molecule has 0 radical (unpaired) electrons. The Labute approximate surface area is 130 Å². The Morgan fingerprint density at radius 2 is 1.81 bits per heavy atom. The van der Waals surface area contributed by atoms with E-state index in [1.165, 1.54) is 4.31 Å². The molecule has 1 aromatic carbocycles. The van der Waals surface area contributed by atoms with Crippen LogP contribution in [-0.2, 0) is 15.0 Å². The Morgan fingerprint density at radius 3 is 2.33 bits per heavy atom. The summed E-state index contributed by atoms with van der Waals surface area (Å²) in [6.45, 7) is 0.530. The van der Waals surface area contributed by atoms with E-state index in [9.17, 15) is 13.2 Å². The predicted octanol–water partition coefficient (Wildman–Crippen LogP) is 0.545. The molecule has 0 aromatic heterocycles. The van der Waals surface area contributed by atoms with Crippen LogP contribution in [0, 0.1) is 5.92 Å². The van der Waals surface area contributed by atoms with Crippen LogP contribution in [0.25, 0.3) is 0 Å². The minimum absolute atomic E-state index is 0. The van der Waals surface area contributed by atoms with Crippen LogP contribution in [0.15, 0.2) is 24.3 Å². The van der Waals surface area contributed by atoms with Gasteiger partial charge in [0, 0.05) is 19.0 Å². The zero-order valence-electron chi connectivity index (χ0n) is 11.4. The highest BCUT2D eigenvalue weighted by atomic mass is 35.5. The van der Waals surface area contributed by atoms with E-state index in [2.05, 4.69) is 5.32 Å². The first-order valence-corrected chi connectivity index (χ1v) is 7.81. The fraction of sp³-hybridized carbons (Fsp3) is 0.417. The van der Waals surface area contributed by atoms with Gasteiger partial charge in [-0.15, -0.1) is 12.4 Å². The highest BCUT2D eigenvalue weighted by Gasteiger charge is 2.29. The third kappa shape index (κ3) is 4.57. The normalized spacial score (nSPS) is 17.0. The van der Waals surface area contributed by atoms with Crippen LogP contribution in [0.1, 0.15) is 12.8 Å². The molecule has 7 nitrogen and oxygen atoms in total. The third-order valence-electron chi connectivity index (χ3n) is 3.40. The molecule has 1 aliphatic heterocycles. The lowest BCUT2D eigenvalue weighted by Gasteiger charge is -2.29. The second kappa shape index (κ2) is 7.08. The molecule has 5 N–H and O–H groups in total. The smallest absolute Gasteiger partial charge is 0.276 e. The van der Waals surface area contributed by atoms with Gasteiger partial charge in [-0.05, 0) is 25.0 Å². The SMILES string of the molecule is Cl.Nc1ccccc1NC(=O)C1CCN(S(N)(=O)=O)CC1. The van der Waals surface area contributed by atoms with Crippen molar-refractivity contribution in [2.75, 3.05) is 24.1 Å². The number of hydrogen-bond donors (Lipinski definition) is 3. The number of hydrogen-bond acceptors (Lipinski definition) is 4. The molecule has 0 saturated carbocycles. The van der Waals surface area contributed by atoms with Crippen LogP contribution in [0.3, 0.4) is 0 Å². The molecule has 1 saturated heterocycles. The lowest BCUT2D eigenvalue weighted by molar-refractivity contribution is -0.120. The molecule has 1 aromatic rings. The van der Waals surface area contributed by atoms with Gasteiger partial charge >= 0.3 is 0 Å². The van der Waals surface area contributed by atoms with Crippen molar-refractivity contribution >= 4 is 39.9 Å². The Balaban J connectivity index is 0.00000220. The molecular weight excluding hydrogens is 316 g/mol. The van der Waals surface area contributed by atoms with Crippen molar-refractivity contribution < 1.29 is 13.2 Å². The number of amides is 1. The highest BCUT2D eigenvalue weighted by Crippen LogP contribution is 2.22. The average molecular weight is 335 g/mol. The Bertz CT molecular complexity index is 600. The molecule has 0 aliphatic carbocycles. The van der Waals surface area contributed by atoms with Crippen molar-refractivity contribution in [1.82, 2.24) is 4.31 Å². The van der Waals surface area contributed by atoms with Gasteiger partial charge in [0.05, 0.1) is 11.4 Å². The lowest BCUT2D eigenvalue weighted by Crippen LogP contribution is -2.44. The summed E-state index contributed by atoms with van der Waals surface area (Å²) < 4.78 is 23.6. The highest BCUT2D eigenvalue weighted by molar-refractivity contribution is 7.86. The van der Waals surface area contributed by atoms with E-state index < -0.39 is 10.2 Å². The number of rotatable bonds is 3. The predicted molar refractivity (Wildman–Crippen MR) is 84.1 cm³/mol. The zero-order chi connectivity index (χ0) is 14.8. The summed E-state index contributed by atoms with van der Waals surface area (Å²) in [6, 6.07) is 7.01. The maximum absolute atomic E-state index is 12.1. The molecule has 0 atom stereocenters. The Kier molecular flexibility index (Phi) is 5.97. The molecule has 1 amide bonds. The molecule has 0 unspecified atom stereocenters. The molecule has 0 spiro atoms. The van der Waals surface area contributed by atoms with Gasteiger partial charge in [-0.25, -0.2) is 5.14 Å². The van der Waals surface area contributed by atoms with Crippen molar-refractivity contribution in [2.24, 2.45) is 11.1 Å². The van der Waals surface area contributed by atoms with Gasteiger partial charge in [0.2, 0.25) is 5.91 Å². The minimum atomic E-state index is -3.66. The summed E-state index contributed by atoms with van der Waals surface area (Å²) in [6.07, 6.45) is 0.907. The van der Waals surface area contributed by atoms with Gasteiger partial charge in [0.15, 0.2) is 0 Å². The van der Waals surface area contributed by atoms with Gasteiger partial charge in [0.25, 0.3) is 10.2 Å². The van der Waals surface area contributed by atoms with E-state index in [0.717, 1.165) is 0 Å². The Hall–Kier alpha value is -1.35. The van der Waals surface area contributed by atoms with Gasteiger partial charge in [-0.3, -0.25) is 4.79 Å². The molecule has 1 fully saturated rings. The fourth-order valence-electron chi connectivity index (χ4n) is 2.22. The van der Waals surface area contributed by atoms with E-state index in [-0.39, 0.29) is 37.3 Å². The second-order valence-electron chi connectivity index (χ2n) is 4.79. The summed E-state index contributed by atoms with van der Waals surface area (Å²) >= 11 is 0. The number of anilines is 2. The standard InChI is InChI=1S/C12H18N4O3S.ClH/c13-10-3-1-2-4-11(10)15-12(17)9-5-7-16(8-6-9)20(14,18)19;/h1-4,9H,5-8,13H2,(H,15,17)(H2,14,18,19);1H. The number of nitrogens with one attached hydrogen (secondary N) is 1. The number of halogens is 1. The van der Waals surface area contributed by atoms with E-state index in [4.69, 9.17) is 10.9 Å². The van der Waals surface area contributed by atoms with E-state index >= 15 is 0 Å². The Morgan fingerprint density at radius 1 is 1.24 bits per heavy atom. The van der Waals surface area contributed by atoms with Crippen LogP contribution >= 0.6 is 12.4 Å². The number of para-hydroxylation sites is 2. The fourth-order valence-corrected chi connectivity index (χ4v) is 2.94. The summed E-state index contributed by atoms with van der Waals surface area (Å²) in [4.78, 5) is 12.1. The molecule has 118 valence electrons. The van der Waals surface area contributed by atoms with Crippen molar-refractivity contribution in [3.8, 4) is 0 Å². The zero-order valence-corrected chi connectivity index (χ0v) is 13.0. The largest absolute Gasteiger partial charge is 0.397 e. The summed E-state index contributed by atoms with van der Waals surface area (Å²) in [5.74, 6) is -0.371. The van der Waals surface area contributed by atoms with Crippen LogP contribution in [-0.4, -0.2) is 31.7 Å². The van der Waals surface area contributed by atoms with Gasteiger partial charge in [-0.1, -0.05) is 12.1 Å². The van der Waals surface area contributed by atoms with Crippen molar-refractivity contribution in [3.05, 3.63) is 24.3 Å². The molecule has 9 heteroatoms. The lowest BCUT2D eigenvalue weighted by atomic mass is 9.97. The monoisotopic (exact) mass is 334 g/mol. The second-order valence-corrected chi connectivity index (χ2v) is 6.34. The number of carbonyl (C=O) groups is 1. The molecule has 1 heterocycles. The number of nitrogens with zero attached hydrogens (tertiary/aromatic N) is 1. The van der Waals surface area contributed by atoms with E-state index in [1.807, 2.05) is 0 Å². The first-order valence-electron chi connectivity index (χ1n) is 6.31. The summed E-state index contributed by atoms with van der Waals surface area (Å²) in [5.41, 5.74) is 6.84. The molecule has 21 heavy (non-hydrogen) atoms. The van der Waals surface area contributed by atoms with Crippen molar-refractivity contribution in [2.45, 2.75) is 12.8 Å². The van der Waals surface area contributed by atoms with Gasteiger partial charge < -0.3 is 11.1 Å². The van der Waals surface area contributed by atoms with Gasteiger partial charge in [0.1, 0.15) is 0 Å². The summed E-state index contributed by atoms with van der Waals surface area (Å²) in [7, 11) is -3.66. The number of piperidine rings is 1. The number of carbonyl (C=O) groups excluding carboxylic acids is 1. The molecule has 2 rings (SSSR count). The van der Waals surface area contributed by atoms with Crippen LogP contribution in [0.5, 0.6) is 0 Å².